The third-order valence-corrected chi connectivity index (χ3v) is 17.8. The summed E-state index contributed by atoms with van der Waals surface area (Å²) in [6, 6.07) is 48.9. The number of hydrogen-bond acceptors (Lipinski definition) is 2. The Kier molecular flexibility index (Phi) is 6.59. The van der Waals surface area contributed by atoms with E-state index in [1.807, 2.05) is 0 Å². The van der Waals surface area contributed by atoms with Crippen molar-refractivity contribution < 1.29 is 4.74 Å². The zero-order valence-corrected chi connectivity index (χ0v) is 35.5. The molecule has 7 aliphatic rings. The van der Waals surface area contributed by atoms with Crippen LogP contribution in [0.2, 0.25) is 0 Å². The molecule has 0 aromatic heterocycles. The van der Waals surface area contributed by atoms with E-state index in [1.54, 1.807) is 0 Å². The fraction of sp³-hybridized carbons (Fsp3) is 0.368. The Morgan fingerprint density at radius 3 is 2.05 bits per heavy atom. The van der Waals surface area contributed by atoms with Crippen LogP contribution in [0.25, 0.3) is 22.3 Å². The first kappa shape index (κ1) is 34.8. The van der Waals surface area contributed by atoms with Crippen LogP contribution in [-0.4, -0.2) is 0 Å². The van der Waals surface area contributed by atoms with Gasteiger partial charge in [0, 0.05) is 27.6 Å². The van der Waals surface area contributed by atoms with Gasteiger partial charge >= 0.3 is 0 Å². The molecule has 6 aromatic rings. The minimum absolute atomic E-state index is 0.00438. The maximum absolute atomic E-state index is 7.60. The molecule has 0 radical (unpaired) electrons. The number of benzene rings is 6. The number of nitrogens with zero attached hydrogens (tertiary/aromatic N) is 1. The minimum Gasteiger partial charge on any atom is -0.454 e. The molecule has 6 atom stereocenters. The van der Waals surface area contributed by atoms with Gasteiger partial charge in [0.1, 0.15) is 5.75 Å². The van der Waals surface area contributed by atoms with Crippen LogP contribution in [-0.2, 0) is 21.7 Å². The van der Waals surface area contributed by atoms with E-state index in [1.165, 1.54) is 105 Å². The highest BCUT2D eigenvalue weighted by molar-refractivity contribution is 5.90. The summed E-state index contributed by atoms with van der Waals surface area (Å²) in [5.74, 6) is 5.20. The number of anilines is 3. The summed E-state index contributed by atoms with van der Waals surface area (Å²) in [5.41, 5.74) is 18.1. The average Bonchev–Trinajstić information content (AvgIpc) is 3.85. The molecule has 6 aromatic carbocycles. The predicted octanol–water partition coefficient (Wildman–Crippen LogP) is 14.9. The molecular weight excluding hydrogens is 715 g/mol. The Hall–Kier alpha value is -5.08. The summed E-state index contributed by atoms with van der Waals surface area (Å²) in [7, 11) is 0. The van der Waals surface area contributed by atoms with Crippen LogP contribution in [0.4, 0.5) is 17.1 Å². The molecule has 0 N–H and O–H groups in total. The first-order chi connectivity index (χ1) is 28.5. The van der Waals surface area contributed by atoms with Crippen LogP contribution in [0, 0.1) is 29.1 Å². The van der Waals surface area contributed by atoms with Crippen LogP contribution >= 0.6 is 0 Å². The van der Waals surface area contributed by atoms with E-state index in [0.29, 0.717) is 17.3 Å². The van der Waals surface area contributed by atoms with Crippen molar-refractivity contribution in [2.24, 2.45) is 29.1 Å². The largest absolute Gasteiger partial charge is 0.454 e. The van der Waals surface area contributed by atoms with Gasteiger partial charge in [-0.3, -0.25) is 0 Å². The maximum Gasteiger partial charge on any atom is 0.155 e. The maximum atomic E-state index is 7.60. The van der Waals surface area contributed by atoms with Crippen molar-refractivity contribution in [1.29, 1.82) is 0 Å². The monoisotopic (exact) mass is 769 g/mol. The fourth-order valence-corrected chi connectivity index (χ4v) is 15.4. The van der Waals surface area contributed by atoms with Gasteiger partial charge in [-0.25, -0.2) is 0 Å². The lowest BCUT2D eigenvalue weighted by Gasteiger charge is -2.77. The van der Waals surface area contributed by atoms with E-state index in [2.05, 4.69) is 174 Å². The molecule has 59 heavy (non-hydrogen) atoms. The molecule has 2 heteroatoms. The molecule has 2 spiro atoms. The molecular formula is C57H55NO. The predicted molar refractivity (Wildman–Crippen MR) is 242 cm³/mol. The second kappa shape index (κ2) is 11.2. The molecule has 6 unspecified atom stereocenters. The minimum atomic E-state index is -0.114. The quantitative estimate of drug-likeness (QED) is 0.177. The summed E-state index contributed by atoms with van der Waals surface area (Å²) < 4.78 is 7.60. The number of ether oxygens (including phenoxy) is 1. The van der Waals surface area contributed by atoms with Gasteiger partial charge in [0.05, 0.1) is 11.4 Å². The van der Waals surface area contributed by atoms with Crippen molar-refractivity contribution in [3.63, 3.8) is 0 Å². The summed E-state index contributed by atoms with van der Waals surface area (Å²) in [5, 5.41) is 0. The van der Waals surface area contributed by atoms with Gasteiger partial charge in [-0.05, 0) is 153 Å². The summed E-state index contributed by atoms with van der Waals surface area (Å²) in [6.07, 6.45) is 7.92. The normalized spacial score (nSPS) is 29.5. The van der Waals surface area contributed by atoms with Gasteiger partial charge in [-0.2, -0.15) is 0 Å². The topological polar surface area (TPSA) is 12.5 Å². The van der Waals surface area contributed by atoms with Crippen LogP contribution in [0.15, 0.2) is 127 Å². The summed E-state index contributed by atoms with van der Waals surface area (Å²) >= 11 is 0. The fourth-order valence-electron chi connectivity index (χ4n) is 15.4. The highest BCUT2D eigenvalue weighted by Gasteiger charge is 2.84. The van der Waals surface area contributed by atoms with Crippen molar-refractivity contribution in [2.45, 2.75) is 102 Å². The first-order valence-corrected chi connectivity index (χ1v) is 22.6. The van der Waals surface area contributed by atoms with Gasteiger partial charge in [-0.15, -0.1) is 0 Å². The highest BCUT2D eigenvalue weighted by atomic mass is 16.5. The highest BCUT2D eigenvalue weighted by Crippen LogP contribution is 2.90. The van der Waals surface area contributed by atoms with Crippen molar-refractivity contribution in [1.82, 2.24) is 0 Å². The van der Waals surface area contributed by atoms with Gasteiger partial charge in [0.2, 0.25) is 0 Å². The van der Waals surface area contributed by atoms with Gasteiger partial charge < -0.3 is 9.64 Å². The zero-order valence-electron chi connectivity index (χ0n) is 35.5. The van der Waals surface area contributed by atoms with Gasteiger partial charge in [-0.1, -0.05) is 139 Å². The van der Waals surface area contributed by atoms with Gasteiger partial charge in [0.25, 0.3) is 0 Å². The third kappa shape index (κ3) is 4.10. The number of fused-ring (bicyclic) bond motifs is 11. The molecule has 4 saturated carbocycles. The van der Waals surface area contributed by atoms with Crippen molar-refractivity contribution in [3.05, 3.63) is 161 Å². The standard InChI is InChI=1S/C57H55NO/c1-53(2)27-28-54(3,4)51-42(53)20-13-22-45(51)58(37-25-26-40-39-17-10-11-19-41(39)55(5,6)44(40)32-37)46-23-14-21-43-52(46)59-47-24-12-18-38(35-15-8-7-9-16-35)50(47)57(43)48-30-34-29-36-31-49(57)56(36,48)33-34/h7-26,32,34,36,48-49H,27-31,33H2,1-6H3. The first-order valence-electron chi connectivity index (χ1n) is 22.6. The van der Waals surface area contributed by atoms with Crippen LogP contribution in [0.3, 0.4) is 0 Å². The molecule has 0 amide bonds. The van der Waals surface area contributed by atoms with Crippen molar-refractivity contribution in [2.75, 3.05) is 4.90 Å². The molecule has 1 heterocycles. The number of para-hydroxylation sites is 1. The van der Waals surface area contributed by atoms with E-state index in [0.717, 1.165) is 29.8 Å². The molecule has 2 bridgehead atoms. The lowest BCUT2D eigenvalue weighted by Crippen LogP contribution is -2.74. The smallest absolute Gasteiger partial charge is 0.155 e. The lowest BCUT2D eigenvalue weighted by atomic mass is 9.26. The van der Waals surface area contributed by atoms with E-state index in [4.69, 9.17) is 4.74 Å². The molecule has 13 rings (SSSR count). The lowest BCUT2D eigenvalue weighted by molar-refractivity contribution is -0.234. The second-order valence-corrected chi connectivity index (χ2v) is 21.6. The van der Waals surface area contributed by atoms with Crippen molar-refractivity contribution in [3.8, 4) is 33.8 Å². The SMILES string of the molecule is CC1(C)CCC(C)(C)c2c(N(c3ccc4c(c3)C(C)(C)c3ccccc3-4)c3cccc4c3Oc3cccc(-c5ccccc5)c3C43C4CC5CC6CC3C64C5)cccc21. The van der Waals surface area contributed by atoms with E-state index in [-0.39, 0.29) is 21.7 Å². The number of rotatable bonds is 4. The molecule has 2 nitrogen and oxygen atoms in total. The Labute approximate surface area is 350 Å². The average molecular weight is 770 g/mol. The van der Waals surface area contributed by atoms with Crippen molar-refractivity contribution >= 4 is 17.1 Å². The second-order valence-electron chi connectivity index (χ2n) is 21.6. The van der Waals surface area contributed by atoms with Crippen LogP contribution in [0.5, 0.6) is 11.5 Å². The summed E-state index contributed by atoms with van der Waals surface area (Å²) in [4.78, 5) is 2.64. The van der Waals surface area contributed by atoms with E-state index >= 15 is 0 Å². The van der Waals surface area contributed by atoms with Gasteiger partial charge in [0.15, 0.2) is 5.75 Å². The Balaban J connectivity index is 1.09. The van der Waals surface area contributed by atoms with Crippen LogP contribution in [0.1, 0.15) is 113 Å². The Morgan fingerprint density at radius 2 is 1.22 bits per heavy atom. The molecule has 294 valence electrons. The van der Waals surface area contributed by atoms with Crippen LogP contribution < -0.4 is 9.64 Å². The summed E-state index contributed by atoms with van der Waals surface area (Å²) in [6.45, 7) is 14.7. The van der Waals surface area contributed by atoms with E-state index < -0.39 is 0 Å². The Morgan fingerprint density at radius 1 is 0.542 bits per heavy atom. The molecule has 4 fully saturated rings. The number of hydrogen-bond donors (Lipinski definition) is 0. The molecule has 0 saturated heterocycles. The van der Waals surface area contributed by atoms with E-state index in [9.17, 15) is 0 Å². The third-order valence-electron chi connectivity index (χ3n) is 17.8. The molecule has 6 aliphatic carbocycles. The molecule has 1 aliphatic heterocycles. The Bertz CT molecular complexity index is 2790. The zero-order chi connectivity index (χ0) is 39.8.